The number of anilines is 1. The van der Waals surface area contributed by atoms with Crippen LogP contribution in [-0.4, -0.2) is 11.7 Å². The van der Waals surface area contributed by atoms with Gasteiger partial charge in [-0.05, 0) is 37.8 Å². The van der Waals surface area contributed by atoms with Crippen LogP contribution < -0.4 is 5.32 Å². The standard InChI is InChI=1S/C14H13NO2/c16-13-10-7-3-4-8-11(10)15-14(17)12(13)9-5-1-2-6-9/h3-4,7-8H,1-2,5-6H2,(H,15,17). The van der Waals surface area contributed by atoms with Gasteiger partial charge in [0.1, 0.15) is 0 Å². The Kier molecular flexibility index (Phi) is 2.32. The highest BCUT2D eigenvalue weighted by atomic mass is 16.2. The Morgan fingerprint density at radius 2 is 1.71 bits per heavy atom. The van der Waals surface area contributed by atoms with Crippen molar-refractivity contribution in [1.82, 2.24) is 0 Å². The summed E-state index contributed by atoms with van der Waals surface area (Å²) in [5.41, 5.74) is 2.66. The first-order valence-electron chi connectivity index (χ1n) is 5.94. The molecule has 3 rings (SSSR count). The second-order valence-electron chi connectivity index (χ2n) is 4.51. The lowest BCUT2D eigenvalue weighted by atomic mass is 9.92. The first-order valence-corrected chi connectivity index (χ1v) is 5.94. The van der Waals surface area contributed by atoms with Crippen LogP contribution in [0, 0.1) is 0 Å². The maximum atomic E-state index is 12.3. The topological polar surface area (TPSA) is 46.2 Å². The van der Waals surface area contributed by atoms with Crippen LogP contribution in [0.15, 0.2) is 35.4 Å². The molecule has 1 heterocycles. The van der Waals surface area contributed by atoms with Crippen molar-refractivity contribution in [2.45, 2.75) is 25.7 Å². The van der Waals surface area contributed by atoms with Crippen molar-refractivity contribution >= 4 is 17.4 Å². The molecule has 0 saturated heterocycles. The third-order valence-corrected chi connectivity index (χ3v) is 3.43. The van der Waals surface area contributed by atoms with Gasteiger partial charge in [0, 0.05) is 5.56 Å². The largest absolute Gasteiger partial charge is 0.321 e. The molecule has 0 unspecified atom stereocenters. The molecule has 3 nitrogen and oxygen atoms in total. The number of nitrogens with one attached hydrogen (secondary N) is 1. The smallest absolute Gasteiger partial charge is 0.259 e. The molecular formula is C14H13NO2. The fraction of sp³-hybridized carbons (Fsp3) is 0.286. The van der Waals surface area contributed by atoms with E-state index < -0.39 is 0 Å². The van der Waals surface area contributed by atoms with Gasteiger partial charge in [0.15, 0.2) is 0 Å². The molecule has 17 heavy (non-hydrogen) atoms. The normalized spacial score (nSPS) is 19.3. The number of benzene rings is 1. The monoisotopic (exact) mass is 227 g/mol. The Morgan fingerprint density at radius 1 is 1.00 bits per heavy atom. The predicted molar refractivity (Wildman–Crippen MR) is 64.9 cm³/mol. The molecule has 1 aliphatic carbocycles. The lowest BCUT2D eigenvalue weighted by Gasteiger charge is -2.19. The summed E-state index contributed by atoms with van der Waals surface area (Å²) in [4.78, 5) is 24.3. The molecule has 1 aliphatic heterocycles. The lowest BCUT2D eigenvalue weighted by Crippen LogP contribution is -2.28. The number of allylic oxidation sites excluding steroid dienone is 1. The van der Waals surface area contributed by atoms with E-state index in [-0.39, 0.29) is 11.7 Å². The van der Waals surface area contributed by atoms with Crippen molar-refractivity contribution < 1.29 is 9.59 Å². The van der Waals surface area contributed by atoms with Crippen molar-refractivity contribution in [1.29, 1.82) is 0 Å². The van der Waals surface area contributed by atoms with Crippen molar-refractivity contribution in [3.05, 3.63) is 41.0 Å². The second kappa shape index (κ2) is 3.84. The van der Waals surface area contributed by atoms with Crippen LogP contribution in [-0.2, 0) is 4.79 Å². The number of rotatable bonds is 0. The van der Waals surface area contributed by atoms with Crippen LogP contribution >= 0.6 is 0 Å². The number of carbonyl (C=O) groups excluding carboxylic acids is 2. The Balaban J connectivity index is 2.13. The van der Waals surface area contributed by atoms with Gasteiger partial charge in [0.05, 0.1) is 11.3 Å². The van der Waals surface area contributed by atoms with E-state index in [9.17, 15) is 9.59 Å². The number of para-hydroxylation sites is 1. The van der Waals surface area contributed by atoms with Crippen LogP contribution in [0.4, 0.5) is 5.69 Å². The van der Waals surface area contributed by atoms with Crippen molar-refractivity contribution in [3.63, 3.8) is 0 Å². The van der Waals surface area contributed by atoms with E-state index in [0.717, 1.165) is 31.3 Å². The van der Waals surface area contributed by atoms with Gasteiger partial charge in [-0.1, -0.05) is 17.7 Å². The maximum Gasteiger partial charge on any atom is 0.259 e. The average Bonchev–Trinajstić information content (AvgIpc) is 2.83. The van der Waals surface area contributed by atoms with Crippen LogP contribution in [0.5, 0.6) is 0 Å². The third-order valence-electron chi connectivity index (χ3n) is 3.43. The second-order valence-corrected chi connectivity index (χ2v) is 4.51. The van der Waals surface area contributed by atoms with Gasteiger partial charge in [-0.25, -0.2) is 0 Å². The highest BCUT2D eigenvalue weighted by Crippen LogP contribution is 2.33. The summed E-state index contributed by atoms with van der Waals surface area (Å²) in [6, 6.07) is 7.18. The minimum absolute atomic E-state index is 0.110. The highest BCUT2D eigenvalue weighted by molar-refractivity contribution is 6.34. The fourth-order valence-corrected chi connectivity index (χ4v) is 2.59. The summed E-state index contributed by atoms with van der Waals surface area (Å²) < 4.78 is 0. The summed E-state index contributed by atoms with van der Waals surface area (Å²) in [6.07, 6.45) is 3.94. The molecule has 1 aromatic rings. The third kappa shape index (κ3) is 1.58. The van der Waals surface area contributed by atoms with Gasteiger partial charge in [0.25, 0.3) is 5.91 Å². The number of hydrogen-bond acceptors (Lipinski definition) is 2. The quantitative estimate of drug-likeness (QED) is 0.547. The average molecular weight is 227 g/mol. The van der Waals surface area contributed by atoms with Crippen LogP contribution in [0.25, 0.3) is 0 Å². The van der Waals surface area contributed by atoms with Crippen molar-refractivity contribution in [2.75, 3.05) is 5.32 Å². The number of hydrogen-bond donors (Lipinski definition) is 1. The van der Waals surface area contributed by atoms with E-state index in [1.54, 1.807) is 12.1 Å². The molecule has 0 radical (unpaired) electrons. The highest BCUT2D eigenvalue weighted by Gasteiger charge is 2.31. The summed E-state index contributed by atoms with van der Waals surface area (Å²) in [7, 11) is 0. The van der Waals surface area contributed by atoms with E-state index in [1.165, 1.54) is 0 Å². The minimum atomic E-state index is -0.231. The number of ketones is 1. The first-order chi connectivity index (χ1) is 8.27. The van der Waals surface area contributed by atoms with Gasteiger partial charge < -0.3 is 5.32 Å². The molecule has 0 bridgehead atoms. The van der Waals surface area contributed by atoms with Crippen LogP contribution in [0.2, 0.25) is 0 Å². The van der Waals surface area contributed by atoms with Gasteiger partial charge in [-0.3, -0.25) is 9.59 Å². The predicted octanol–water partition coefficient (Wildman–Crippen LogP) is 2.69. The number of Topliss-reactive ketones (excluding diaryl/α,β-unsaturated/α-hetero) is 1. The Labute approximate surface area is 99.5 Å². The molecule has 3 heteroatoms. The zero-order valence-corrected chi connectivity index (χ0v) is 9.45. The summed E-state index contributed by atoms with van der Waals surface area (Å²) in [6.45, 7) is 0. The summed E-state index contributed by atoms with van der Waals surface area (Å²) in [5, 5.41) is 2.80. The molecule has 86 valence electrons. The molecule has 1 saturated carbocycles. The molecule has 0 atom stereocenters. The zero-order valence-electron chi connectivity index (χ0n) is 9.45. The van der Waals surface area contributed by atoms with Gasteiger partial charge in [0.2, 0.25) is 5.78 Å². The van der Waals surface area contributed by atoms with Gasteiger partial charge in [-0.15, -0.1) is 0 Å². The van der Waals surface area contributed by atoms with Gasteiger partial charge in [-0.2, -0.15) is 0 Å². The van der Waals surface area contributed by atoms with E-state index in [2.05, 4.69) is 5.32 Å². The fourth-order valence-electron chi connectivity index (χ4n) is 2.59. The molecule has 1 fully saturated rings. The SMILES string of the molecule is O=C1Nc2ccccc2C(=O)C1=C1CCCC1. The summed E-state index contributed by atoms with van der Waals surface area (Å²) >= 11 is 0. The Bertz CT molecular complexity index is 535. The van der Waals surface area contributed by atoms with Crippen molar-refractivity contribution in [2.24, 2.45) is 0 Å². The molecular weight excluding hydrogens is 214 g/mol. The number of fused-ring (bicyclic) bond motifs is 1. The summed E-state index contributed by atoms with van der Waals surface area (Å²) in [5.74, 6) is -0.341. The Hall–Kier alpha value is -1.90. The minimum Gasteiger partial charge on any atom is -0.321 e. The van der Waals surface area contributed by atoms with E-state index in [0.29, 0.717) is 16.8 Å². The lowest BCUT2D eigenvalue weighted by molar-refractivity contribution is -0.112. The molecule has 1 N–H and O–H groups in total. The Morgan fingerprint density at radius 3 is 2.47 bits per heavy atom. The van der Waals surface area contributed by atoms with E-state index >= 15 is 0 Å². The first kappa shape index (κ1) is 10.3. The molecule has 1 amide bonds. The van der Waals surface area contributed by atoms with Crippen LogP contribution in [0.1, 0.15) is 36.0 Å². The van der Waals surface area contributed by atoms with E-state index in [1.807, 2.05) is 12.1 Å². The molecule has 2 aliphatic rings. The van der Waals surface area contributed by atoms with Gasteiger partial charge >= 0.3 is 0 Å². The molecule has 0 aromatic heterocycles. The molecule has 0 spiro atoms. The van der Waals surface area contributed by atoms with Crippen LogP contribution in [0.3, 0.4) is 0 Å². The number of amides is 1. The maximum absolute atomic E-state index is 12.3. The number of carbonyl (C=O) groups is 2. The molecule has 1 aromatic carbocycles. The zero-order chi connectivity index (χ0) is 11.8. The van der Waals surface area contributed by atoms with Crippen molar-refractivity contribution in [3.8, 4) is 0 Å². The van der Waals surface area contributed by atoms with E-state index in [4.69, 9.17) is 0 Å².